The van der Waals surface area contributed by atoms with Gasteiger partial charge >= 0.3 is 0 Å². The van der Waals surface area contributed by atoms with E-state index in [-0.39, 0.29) is 0 Å². The molecule has 0 heterocycles. The summed E-state index contributed by atoms with van der Waals surface area (Å²) in [6.45, 7) is 4.33. The largest absolute Gasteiger partial charge is 0.0654 e. The molecule has 0 atom stereocenters. The highest BCUT2D eigenvalue weighted by atomic mass is 79.9. The summed E-state index contributed by atoms with van der Waals surface area (Å²) < 4.78 is 2.55. The fraction of sp³-hybridized carbons (Fsp3) is 0.800. The lowest BCUT2D eigenvalue weighted by Crippen LogP contribution is -1.79. The van der Waals surface area contributed by atoms with Crippen LogP contribution < -0.4 is 0 Å². The third-order valence-electron chi connectivity index (χ3n) is 1.87. The Morgan fingerprint density at radius 2 is 1.58 bits per heavy atom. The number of unbranched alkanes of at least 4 members (excludes halogenated alkanes) is 4. The number of allylic oxidation sites excluding steroid dienone is 2. The molecule has 0 aliphatic carbocycles. The highest BCUT2D eigenvalue weighted by molar-refractivity contribution is 9.14. The monoisotopic (exact) mass is 296 g/mol. The van der Waals surface area contributed by atoms with Crippen LogP contribution in [-0.2, 0) is 0 Å². The summed E-state index contributed by atoms with van der Waals surface area (Å²) in [5.41, 5.74) is 0. The van der Waals surface area contributed by atoms with E-state index in [4.69, 9.17) is 0 Å². The zero-order valence-electron chi connectivity index (χ0n) is 8.00. The molecule has 0 bridgehead atoms. The number of hydrogen-bond acceptors (Lipinski definition) is 0. The summed E-state index contributed by atoms with van der Waals surface area (Å²) in [4.78, 5) is 0. The molecule has 0 unspecified atom stereocenters. The molecule has 0 rings (SSSR count). The second kappa shape index (κ2) is 8.31. The molecule has 0 nitrogen and oxygen atoms in total. The van der Waals surface area contributed by atoms with Crippen LogP contribution in [0.15, 0.2) is 8.96 Å². The molecule has 0 saturated heterocycles. The van der Waals surface area contributed by atoms with Crippen molar-refractivity contribution in [3.8, 4) is 0 Å². The number of hydrogen-bond donors (Lipinski definition) is 0. The zero-order valence-corrected chi connectivity index (χ0v) is 11.2. The van der Waals surface area contributed by atoms with Gasteiger partial charge in [0.05, 0.1) is 0 Å². The summed E-state index contributed by atoms with van der Waals surface area (Å²) in [5.74, 6) is 0. The summed E-state index contributed by atoms with van der Waals surface area (Å²) in [6.07, 6.45) is 7.95. The summed E-state index contributed by atoms with van der Waals surface area (Å²) in [5, 5.41) is 0. The van der Waals surface area contributed by atoms with Crippen LogP contribution in [0.1, 0.15) is 52.4 Å². The third kappa shape index (κ3) is 7.35. The van der Waals surface area contributed by atoms with Crippen LogP contribution in [-0.4, -0.2) is 0 Å². The van der Waals surface area contributed by atoms with Crippen molar-refractivity contribution in [2.24, 2.45) is 0 Å². The Kier molecular flexibility index (Phi) is 8.79. The molecule has 0 aromatic carbocycles. The van der Waals surface area contributed by atoms with E-state index in [0.717, 1.165) is 0 Å². The lowest BCUT2D eigenvalue weighted by atomic mass is 10.1. The summed E-state index contributed by atoms with van der Waals surface area (Å²) >= 11 is 7.00. The molecule has 72 valence electrons. The van der Waals surface area contributed by atoms with Crippen LogP contribution in [0.2, 0.25) is 0 Å². The predicted molar refractivity (Wildman–Crippen MR) is 63.9 cm³/mol. The highest BCUT2D eigenvalue weighted by Gasteiger charge is 1.95. The van der Waals surface area contributed by atoms with Gasteiger partial charge in [0, 0.05) is 8.96 Å². The highest BCUT2D eigenvalue weighted by Crippen LogP contribution is 2.23. The van der Waals surface area contributed by atoms with Gasteiger partial charge in [-0.3, -0.25) is 0 Å². The molecule has 0 fully saturated rings. The maximum atomic E-state index is 3.54. The Morgan fingerprint density at radius 3 is 2.08 bits per heavy atom. The van der Waals surface area contributed by atoms with Crippen molar-refractivity contribution in [3.05, 3.63) is 8.96 Å². The van der Waals surface area contributed by atoms with Gasteiger partial charge in [-0.05, 0) is 19.8 Å². The Balaban J connectivity index is 3.26. The molecule has 0 aromatic heterocycles. The van der Waals surface area contributed by atoms with Gasteiger partial charge in [-0.15, -0.1) is 0 Å². The van der Waals surface area contributed by atoms with Gasteiger partial charge in [0.1, 0.15) is 0 Å². The maximum absolute atomic E-state index is 3.54. The van der Waals surface area contributed by atoms with E-state index in [2.05, 4.69) is 45.7 Å². The van der Waals surface area contributed by atoms with E-state index < -0.39 is 0 Å². The molecule has 0 aliphatic heterocycles. The minimum Gasteiger partial charge on any atom is -0.0654 e. The Labute approximate surface area is 93.1 Å². The molecular weight excluding hydrogens is 280 g/mol. The Hall–Kier alpha value is 0.700. The second-order valence-corrected chi connectivity index (χ2v) is 5.25. The van der Waals surface area contributed by atoms with Crippen LogP contribution in [0, 0.1) is 0 Å². The van der Waals surface area contributed by atoms with E-state index in [9.17, 15) is 0 Å². The van der Waals surface area contributed by atoms with Crippen molar-refractivity contribution in [3.63, 3.8) is 0 Å². The molecular formula is C10H18Br2. The first-order chi connectivity index (χ1) is 5.68. The molecule has 0 radical (unpaired) electrons. The quantitative estimate of drug-likeness (QED) is 0.578. The lowest BCUT2D eigenvalue weighted by molar-refractivity contribution is 0.636. The van der Waals surface area contributed by atoms with Gasteiger partial charge in [0.15, 0.2) is 0 Å². The molecule has 0 N–H and O–H groups in total. The first-order valence-corrected chi connectivity index (χ1v) is 6.27. The third-order valence-corrected chi connectivity index (χ3v) is 3.88. The Morgan fingerprint density at radius 1 is 1.00 bits per heavy atom. The summed E-state index contributed by atoms with van der Waals surface area (Å²) in [7, 11) is 0. The van der Waals surface area contributed by atoms with E-state index in [1.165, 1.54) is 47.5 Å². The lowest BCUT2D eigenvalue weighted by Gasteiger charge is -2.00. The minimum absolute atomic E-state index is 1.18. The smallest absolute Gasteiger partial charge is 0.00489 e. The van der Waals surface area contributed by atoms with Crippen molar-refractivity contribution in [2.75, 3.05) is 0 Å². The van der Waals surface area contributed by atoms with Crippen molar-refractivity contribution in [1.29, 1.82) is 0 Å². The van der Waals surface area contributed by atoms with E-state index in [1.807, 2.05) is 0 Å². The number of rotatable bonds is 6. The molecule has 0 amide bonds. The normalized spacial score (nSPS) is 13.0. The fourth-order valence-electron chi connectivity index (χ4n) is 1.06. The topological polar surface area (TPSA) is 0 Å². The molecule has 0 spiro atoms. The predicted octanol–water partition coefficient (Wildman–Crippen LogP) is 5.37. The molecule has 12 heavy (non-hydrogen) atoms. The van der Waals surface area contributed by atoms with Crippen molar-refractivity contribution >= 4 is 31.9 Å². The Bertz CT molecular complexity index is 135. The van der Waals surface area contributed by atoms with Crippen LogP contribution in [0.4, 0.5) is 0 Å². The number of halogens is 2. The first-order valence-electron chi connectivity index (χ1n) is 4.69. The first kappa shape index (κ1) is 12.7. The van der Waals surface area contributed by atoms with E-state index in [1.54, 1.807) is 0 Å². The van der Waals surface area contributed by atoms with Crippen LogP contribution in [0.3, 0.4) is 0 Å². The van der Waals surface area contributed by atoms with Gasteiger partial charge in [-0.1, -0.05) is 64.5 Å². The zero-order chi connectivity index (χ0) is 9.40. The second-order valence-electron chi connectivity index (χ2n) is 3.10. The average Bonchev–Trinajstić information content (AvgIpc) is 2.03. The average molecular weight is 298 g/mol. The van der Waals surface area contributed by atoms with Crippen LogP contribution >= 0.6 is 31.9 Å². The van der Waals surface area contributed by atoms with Gasteiger partial charge in [-0.2, -0.15) is 0 Å². The van der Waals surface area contributed by atoms with Gasteiger partial charge in [0.25, 0.3) is 0 Å². The van der Waals surface area contributed by atoms with Gasteiger partial charge in [0.2, 0.25) is 0 Å². The molecule has 0 aliphatic rings. The molecule has 2 heteroatoms. The maximum Gasteiger partial charge on any atom is 0.00489 e. The molecule has 0 saturated carbocycles. The van der Waals surface area contributed by atoms with E-state index >= 15 is 0 Å². The van der Waals surface area contributed by atoms with Crippen molar-refractivity contribution in [1.82, 2.24) is 0 Å². The van der Waals surface area contributed by atoms with Gasteiger partial charge < -0.3 is 0 Å². The fourth-order valence-corrected chi connectivity index (χ4v) is 1.53. The van der Waals surface area contributed by atoms with Crippen molar-refractivity contribution < 1.29 is 0 Å². The standard InChI is InChI=1S/C10H18Br2/c1-3-4-5-6-7-8-10(12)9(2)11/h3-8H2,1-2H3/b10-9+. The van der Waals surface area contributed by atoms with E-state index in [0.29, 0.717) is 0 Å². The van der Waals surface area contributed by atoms with Gasteiger partial charge in [-0.25, -0.2) is 0 Å². The van der Waals surface area contributed by atoms with Crippen LogP contribution in [0.5, 0.6) is 0 Å². The van der Waals surface area contributed by atoms with Crippen LogP contribution in [0.25, 0.3) is 0 Å². The minimum atomic E-state index is 1.18. The van der Waals surface area contributed by atoms with Crippen molar-refractivity contribution in [2.45, 2.75) is 52.4 Å². The summed E-state index contributed by atoms with van der Waals surface area (Å²) in [6, 6.07) is 0. The SMILES string of the molecule is CCCCCCC/C(Br)=C(/C)Br. The molecule has 0 aromatic rings.